The molecule has 1 aliphatic carbocycles. The third-order valence-corrected chi connectivity index (χ3v) is 1.66. The second-order valence-electron chi connectivity index (χ2n) is 2.32. The highest BCUT2D eigenvalue weighted by Crippen LogP contribution is 2.24. The molecule has 1 aliphatic heterocycles. The number of fused-ring (bicyclic) bond motifs is 1. The van der Waals surface area contributed by atoms with Gasteiger partial charge in [-0.3, -0.25) is 0 Å². The fraction of sp³-hybridized carbons (Fsp3) is 0.222. The first-order chi connectivity index (χ1) is 4.97. The number of hydrogen-bond acceptors (Lipinski definition) is 1. The molecule has 0 aromatic carbocycles. The SMILES string of the molecule is C1=CC=C2CCOC2=CC=1. The van der Waals surface area contributed by atoms with Gasteiger partial charge in [0.15, 0.2) is 0 Å². The van der Waals surface area contributed by atoms with Crippen molar-refractivity contribution in [2.45, 2.75) is 6.42 Å². The Morgan fingerprint density at radius 3 is 3.20 bits per heavy atom. The molecule has 1 nitrogen and oxygen atoms in total. The summed E-state index contributed by atoms with van der Waals surface area (Å²) in [5.41, 5.74) is 4.29. The standard InChI is InChI=1S/C9H8O/c1-2-4-8-6-7-10-9(8)5-3-1/h2-5H,6-7H2. The van der Waals surface area contributed by atoms with Crippen molar-refractivity contribution in [2.24, 2.45) is 0 Å². The highest BCUT2D eigenvalue weighted by atomic mass is 16.5. The van der Waals surface area contributed by atoms with Crippen molar-refractivity contribution in [3.63, 3.8) is 0 Å². The Hall–Kier alpha value is -1.20. The number of hydrogen-bond donors (Lipinski definition) is 0. The smallest absolute Gasteiger partial charge is 0.123 e. The van der Waals surface area contributed by atoms with Crippen molar-refractivity contribution in [3.05, 3.63) is 41.4 Å². The Morgan fingerprint density at radius 2 is 2.20 bits per heavy atom. The van der Waals surface area contributed by atoms with Crippen LogP contribution in [-0.2, 0) is 4.74 Å². The van der Waals surface area contributed by atoms with E-state index in [1.54, 1.807) is 0 Å². The Balaban J connectivity index is 2.43. The Bertz CT molecular complexity index is 238. The molecule has 50 valence electrons. The second kappa shape index (κ2) is 2.20. The molecular weight excluding hydrogens is 124 g/mol. The van der Waals surface area contributed by atoms with Gasteiger partial charge in [-0.05, 0) is 29.9 Å². The van der Waals surface area contributed by atoms with Gasteiger partial charge in [0.1, 0.15) is 5.76 Å². The first-order valence-corrected chi connectivity index (χ1v) is 3.42. The molecule has 0 amide bonds. The molecule has 0 aromatic heterocycles. The van der Waals surface area contributed by atoms with Gasteiger partial charge in [-0.1, -0.05) is 0 Å². The molecule has 0 bridgehead atoms. The average molecular weight is 132 g/mol. The molecule has 1 saturated heterocycles. The summed E-state index contributed by atoms with van der Waals surface area (Å²) in [6.07, 6.45) is 8.86. The first kappa shape index (κ1) is 5.57. The molecule has 0 radical (unpaired) electrons. The molecule has 1 heteroatoms. The van der Waals surface area contributed by atoms with E-state index in [1.165, 1.54) is 5.57 Å². The van der Waals surface area contributed by atoms with Gasteiger partial charge < -0.3 is 4.74 Å². The van der Waals surface area contributed by atoms with E-state index in [4.69, 9.17) is 4.74 Å². The summed E-state index contributed by atoms with van der Waals surface area (Å²) in [5.74, 6) is 1.02. The van der Waals surface area contributed by atoms with Crippen LogP contribution in [0.2, 0.25) is 0 Å². The van der Waals surface area contributed by atoms with Crippen LogP contribution in [0.3, 0.4) is 0 Å². The van der Waals surface area contributed by atoms with Crippen molar-refractivity contribution < 1.29 is 4.74 Å². The molecule has 1 fully saturated rings. The van der Waals surface area contributed by atoms with Gasteiger partial charge in [-0.25, -0.2) is 0 Å². The Kier molecular flexibility index (Phi) is 1.23. The number of allylic oxidation sites excluding steroid dienone is 4. The average Bonchev–Trinajstić information content (AvgIpc) is 2.28. The number of ether oxygens (including phenoxy) is 1. The van der Waals surface area contributed by atoms with Crippen LogP contribution in [-0.4, -0.2) is 6.61 Å². The maximum atomic E-state index is 5.34. The van der Waals surface area contributed by atoms with E-state index in [9.17, 15) is 0 Å². The second-order valence-corrected chi connectivity index (χ2v) is 2.32. The van der Waals surface area contributed by atoms with Crippen LogP contribution in [0.1, 0.15) is 6.42 Å². The van der Waals surface area contributed by atoms with Crippen LogP contribution >= 0.6 is 0 Å². The minimum Gasteiger partial charge on any atom is -0.493 e. The van der Waals surface area contributed by atoms with Crippen LogP contribution in [0.25, 0.3) is 0 Å². The predicted octanol–water partition coefficient (Wildman–Crippen LogP) is 1.94. The molecule has 0 saturated carbocycles. The maximum Gasteiger partial charge on any atom is 0.123 e. The third-order valence-electron chi connectivity index (χ3n) is 1.66. The monoisotopic (exact) mass is 132 g/mol. The zero-order valence-electron chi connectivity index (χ0n) is 5.63. The highest BCUT2D eigenvalue weighted by molar-refractivity contribution is 5.36. The van der Waals surface area contributed by atoms with Gasteiger partial charge in [-0.15, -0.1) is 5.73 Å². The first-order valence-electron chi connectivity index (χ1n) is 3.42. The molecule has 0 unspecified atom stereocenters. The molecular formula is C9H8O. The topological polar surface area (TPSA) is 9.23 Å². The summed E-state index contributed by atoms with van der Waals surface area (Å²) in [5, 5.41) is 0. The van der Waals surface area contributed by atoms with Crippen LogP contribution in [0, 0.1) is 0 Å². The summed E-state index contributed by atoms with van der Waals surface area (Å²) in [6.45, 7) is 0.833. The van der Waals surface area contributed by atoms with E-state index in [0.717, 1.165) is 18.8 Å². The summed E-state index contributed by atoms with van der Waals surface area (Å²) in [4.78, 5) is 0. The largest absolute Gasteiger partial charge is 0.493 e. The van der Waals surface area contributed by atoms with E-state index in [1.807, 2.05) is 18.2 Å². The van der Waals surface area contributed by atoms with Gasteiger partial charge in [-0.2, -0.15) is 0 Å². The van der Waals surface area contributed by atoms with Crippen LogP contribution in [0.4, 0.5) is 0 Å². The van der Waals surface area contributed by atoms with Gasteiger partial charge in [0, 0.05) is 6.42 Å². The van der Waals surface area contributed by atoms with Crippen molar-refractivity contribution in [2.75, 3.05) is 6.61 Å². The molecule has 0 N–H and O–H groups in total. The van der Waals surface area contributed by atoms with Crippen LogP contribution in [0.15, 0.2) is 41.4 Å². The lowest BCUT2D eigenvalue weighted by atomic mass is 10.2. The predicted molar refractivity (Wildman–Crippen MR) is 39.4 cm³/mol. The normalized spacial score (nSPS) is 20.8. The molecule has 1 heterocycles. The zero-order chi connectivity index (χ0) is 6.81. The molecule has 0 spiro atoms. The van der Waals surface area contributed by atoms with Crippen molar-refractivity contribution in [3.8, 4) is 0 Å². The number of rotatable bonds is 0. The van der Waals surface area contributed by atoms with Gasteiger partial charge in [0.2, 0.25) is 0 Å². The lowest BCUT2D eigenvalue weighted by Crippen LogP contribution is -1.77. The summed E-state index contributed by atoms with van der Waals surface area (Å²) in [6, 6.07) is 0. The Morgan fingerprint density at radius 1 is 1.30 bits per heavy atom. The summed E-state index contributed by atoms with van der Waals surface area (Å²) >= 11 is 0. The van der Waals surface area contributed by atoms with Crippen LogP contribution < -0.4 is 0 Å². The molecule has 10 heavy (non-hydrogen) atoms. The Labute approximate surface area is 60.0 Å². The van der Waals surface area contributed by atoms with Gasteiger partial charge in [0.25, 0.3) is 0 Å². The fourth-order valence-corrected chi connectivity index (χ4v) is 1.14. The van der Waals surface area contributed by atoms with Gasteiger partial charge in [0.05, 0.1) is 6.61 Å². The van der Waals surface area contributed by atoms with E-state index < -0.39 is 0 Å². The third kappa shape index (κ3) is 0.810. The summed E-state index contributed by atoms with van der Waals surface area (Å²) in [7, 11) is 0. The van der Waals surface area contributed by atoms with E-state index >= 15 is 0 Å². The minimum atomic E-state index is 0.833. The van der Waals surface area contributed by atoms with E-state index in [2.05, 4.69) is 11.8 Å². The molecule has 0 atom stereocenters. The zero-order valence-corrected chi connectivity index (χ0v) is 5.63. The summed E-state index contributed by atoms with van der Waals surface area (Å²) < 4.78 is 5.34. The van der Waals surface area contributed by atoms with Crippen molar-refractivity contribution in [1.29, 1.82) is 0 Å². The quantitative estimate of drug-likeness (QED) is 0.458. The lowest BCUT2D eigenvalue weighted by Gasteiger charge is -1.94. The highest BCUT2D eigenvalue weighted by Gasteiger charge is 2.13. The molecule has 0 aromatic rings. The lowest BCUT2D eigenvalue weighted by molar-refractivity contribution is 0.266. The molecule has 2 aliphatic rings. The van der Waals surface area contributed by atoms with Crippen molar-refractivity contribution >= 4 is 0 Å². The maximum absolute atomic E-state index is 5.34. The van der Waals surface area contributed by atoms with E-state index in [0.29, 0.717) is 0 Å². The molecule has 2 rings (SSSR count). The minimum absolute atomic E-state index is 0.833. The fourth-order valence-electron chi connectivity index (χ4n) is 1.14. The van der Waals surface area contributed by atoms with E-state index in [-0.39, 0.29) is 0 Å². The van der Waals surface area contributed by atoms with Crippen molar-refractivity contribution in [1.82, 2.24) is 0 Å². The van der Waals surface area contributed by atoms with Crippen LogP contribution in [0.5, 0.6) is 0 Å². The van der Waals surface area contributed by atoms with Gasteiger partial charge >= 0.3 is 0 Å².